The van der Waals surface area contributed by atoms with Gasteiger partial charge in [0.25, 0.3) is 0 Å². The highest BCUT2D eigenvalue weighted by Crippen LogP contribution is 2.21. The Morgan fingerprint density at radius 1 is 1.43 bits per heavy atom. The number of carbonyl (C=O) groups excluding carboxylic acids is 1. The molecule has 1 aromatic rings. The fourth-order valence-electron chi connectivity index (χ4n) is 1.02. The Morgan fingerprint density at radius 2 is 2.14 bits per heavy atom. The Labute approximate surface area is 87.7 Å². The molecule has 3 nitrogen and oxygen atoms in total. The Hall–Kier alpha value is -1.22. The van der Waals surface area contributed by atoms with E-state index in [1.165, 1.54) is 6.07 Å². The molecule has 76 valence electrons. The summed E-state index contributed by atoms with van der Waals surface area (Å²) in [6, 6.07) is 6.62. The van der Waals surface area contributed by atoms with Crippen LogP contribution in [0, 0.1) is 0 Å². The third-order valence-electron chi connectivity index (χ3n) is 1.72. The first-order chi connectivity index (χ1) is 6.74. The number of phenols is 1. The van der Waals surface area contributed by atoms with Gasteiger partial charge in [0.2, 0.25) is 5.91 Å². The fraction of sp³-hybridized carbons (Fsp3) is 0.300. The van der Waals surface area contributed by atoms with Crippen molar-refractivity contribution < 1.29 is 9.90 Å². The van der Waals surface area contributed by atoms with E-state index in [0.29, 0.717) is 24.4 Å². The highest BCUT2D eigenvalue weighted by molar-refractivity contribution is 6.18. The topological polar surface area (TPSA) is 49.3 Å². The molecule has 0 unspecified atom stereocenters. The number of para-hydroxylation sites is 2. The zero-order valence-electron chi connectivity index (χ0n) is 7.66. The summed E-state index contributed by atoms with van der Waals surface area (Å²) >= 11 is 5.45. The zero-order valence-corrected chi connectivity index (χ0v) is 8.42. The summed E-state index contributed by atoms with van der Waals surface area (Å²) in [5.41, 5.74) is 0.437. The number of carbonyl (C=O) groups is 1. The first-order valence-electron chi connectivity index (χ1n) is 4.38. The van der Waals surface area contributed by atoms with Gasteiger partial charge in [0.1, 0.15) is 5.75 Å². The van der Waals surface area contributed by atoms with Crippen LogP contribution in [0.1, 0.15) is 12.8 Å². The number of amides is 1. The van der Waals surface area contributed by atoms with Crippen LogP contribution in [0.25, 0.3) is 0 Å². The Bertz CT molecular complexity index is 315. The number of halogens is 1. The standard InChI is InChI=1S/C10H12ClNO2/c11-7-3-6-10(14)12-8-4-1-2-5-9(8)13/h1-2,4-5,13H,3,6-7H2,(H,12,14). The molecule has 0 aliphatic carbocycles. The van der Waals surface area contributed by atoms with Gasteiger partial charge in [-0.15, -0.1) is 11.6 Å². The number of anilines is 1. The van der Waals surface area contributed by atoms with Crippen molar-refractivity contribution in [2.24, 2.45) is 0 Å². The first kappa shape index (κ1) is 10.9. The highest BCUT2D eigenvalue weighted by Gasteiger charge is 2.04. The van der Waals surface area contributed by atoms with E-state index in [1.807, 2.05) is 0 Å². The lowest BCUT2D eigenvalue weighted by atomic mass is 10.2. The molecule has 0 spiro atoms. The van der Waals surface area contributed by atoms with Crippen molar-refractivity contribution in [2.45, 2.75) is 12.8 Å². The molecule has 0 saturated heterocycles. The van der Waals surface area contributed by atoms with Crippen LogP contribution in [0.3, 0.4) is 0 Å². The van der Waals surface area contributed by atoms with Crippen molar-refractivity contribution >= 4 is 23.2 Å². The second kappa shape index (κ2) is 5.50. The summed E-state index contributed by atoms with van der Waals surface area (Å²) in [7, 11) is 0. The minimum absolute atomic E-state index is 0.0757. The molecule has 0 aromatic heterocycles. The van der Waals surface area contributed by atoms with Gasteiger partial charge in [0.05, 0.1) is 5.69 Å². The van der Waals surface area contributed by atoms with Gasteiger partial charge in [-0.1, -0.05) is 12.1 Å². The van der Waals surface area contributed by atoms with Gasteiger partial charge in [-0.25, -0.2) is 0 Å². The van der Waals surface area contributed by atoms with Crippen molar-refractivity contribution in [3.8, 4) is 5.75 Å². The molecular formula is C10H12ClNO2. The normalized spacial score (nSPS) is 9.79. The van der Waals surface area contributed by atoms with Gasteiger partial charge in [0, 0.05) is 12.3 Å². The van der Waals surface area contributed by atoms with Crippen LogP contribution in [0.15, 0.2) is 24.3 Å². The minimum atomic E-state index is -0.132. The third kappa shape index (κ3) is 3.26. The fourth-order valence-corrected chi connectivity index (χ4v) is 1.15. The Kier molecular flexibility index (Phi) is 4.26. The number of rotatable bonds is 4. The second-order valence-corrected chi connectivity index (χ2v) is 3.24. The predicted molar refractivity (Wildman–Crippen MR) is 56.7 cm³/mol. The number of hydrogen-bond acceptors (Lipinski definition) is 2. The molecule has 0 aliphatic heterocycles. The molecule has 1 amide bonds. The van der Waals surface area contributed by atoms with Crippen molar-refractivity contribution in [1.29, 1.82) is 0 Å². The summed E-state index contributed by atoms with van der Waals surface area (Å²) < 4.78 is 0. The van der Waals surface area contributed by atoms with E-state index in [-0.39, 0.29) is 11.7 Å². The van der Waals surface area contributed by atoms with Gasteiger partial charge in [-0.3, -0.25) is 4.79 Å². The van der Waals surface area contributed by atoms with Gasteiger partial charge in [0.15, 0.2) is 0 Å². The molecule has 2 N–H and O–H groups in total. The molecule has 0 radical (unpaired) electrons. The molecule has 0 heterocycles. The lowest BCUT2D eigenvalue weighted by molar-refractivity contribution is -0.116. The van der Waals surface area contributed by atoms with Crippen molar-refractivity contribution in [3.05, 3.63) is 24.3 Å². The maximum absolute atomic E-state index is 11.2. The summed E-state index contributed by atoms with van der Waals surface area (Å²) in [5.74, 6) is 0.410. The van der Waals surface area contributed by atoms with Gasteiger partial charge in [-0.05, 0) is 18.6 Å². The van der Waals surface area contributed by atoms with Gasteiger partial charge in [-0.2, -0.15) is 0 Å². The molecule has 0 atom stereocenters. The van der Waals surface area contributed by atoms with Gasteiger partial charge < -0.3 is 10.4 Å². The third-order valence-corrected chi connectivity index (χ3v) is 1.98. The smallest absolute Gasteiger partial charge is 0.224 e. The van der Waals surface area contributed by atoms with Crippen molar-refractivity contribution in [3.63, 3.8) is 0 Å². The summed E-state index contributed by atoms with van der Waals surface area (Å²) in [6.07, 6.45) is 1.01. The molecule has 0 aliphatic rings. The van der Waals surface area contributed by atoms with E-state index in [9.17, 15) is 9.90 Å². The summed E-state index contributed by atoms with van der Waals surface area (Å²) in [6.45, 7) is 0. The number of hydrogen-bond donors (Lipinski definition) is 2. The number of nitrogens with one attached hydrogen (secondary N) is 1. The van der Waals surface area contributed by atoms with Crippen LogP contribution in [0.5, 0.6) is 5.75 Å². The maximum Gasteiger partial charge on any atom is 0.224 e. The van der Waals surface area contributed by atoms with Crippen LogP contribution in [0.4, 0.5) is 5.69 Å². The number of aromatic hydroxyl groups is 1. The van der Waals surface area contributed by atoms with Crippen LogP contribution < -0.4 is 5.32 Å². The lowest BCUT2D eigenvalue weighted by Crippen LogP contribution is -2.11. The molecule has 1 aromatic carbocycles. The predicted octanol–water partition coefficient (Wildman–Crippen LogP) is 2.35. The highest BCUT2D eigenvalue weighted by atomic mass is 35.5. The van der Waals surface area contributed by atoms with E-state index < -0.39 is 0 Å². The van der Waals surface area contributed by atoms with Crippen LogP contribution in [0.2, 0.25) is 0 Å². The van der Waals surface area contributed by atoms with Crippen LogP contribution in [-0.2, 0) is 4.79 Å². The SMILES string of the molecule is O=C(CCCCl)Nc1ccccc1O. The van der Waals surface area contributed by atoms with E-state index in [2.05, 4.69) is 5.32 Å². The average Bonchev–Trinajstić information content (AvgIpc) is 2.18. The van der Waals surface area contributed by atoms with Crippen molar-refractivity contribution in [2.75, 3.05) is 11.2 Å². The Morgan fingerprint density at radius 3 is 2.79 bits per heavy atom. The second-order valence-electron chi connectivity index (χ2n) is 2.86. The van der Waals surface area contributed by atoms with Crippen molar-refractivity contribution in [1.82, 2.24) is 0 Å². The molecule has 0 fully saturated rings. The molecular weight excluding hydrogens is 202 g/mol. The Balaban J connectivity index is 2.52. The molecule has 1 rings (SSSR count). The lowest BCUT2D eigenvalue weighted by Gasteiger charge is -2.05. The first-order valence-corrected chi connectivity index (χ1v) is 4.91. The monoisotopic (exact) mass is 213 g/mol. The molecule has 0 bridgehead atoms. The molecule has 14 heavy (non-hydrogen) atoms. The molecule has 4 heteroatoms. The molecule has 0 saturated carbocycles. The van der Waals surface area contributed by atoms with E-state index in [4.69, 9.17) is 11.6 Å². The zero-order chi connectivity index (χ0) is 10.4. The van der Waals surface area contributed by atoms with Gasteiger partial charge >= 0.3 is 0 Å². The largest absolute Gasteiger partial charge is 0.506 e. The summed E-state index contributed by atoms with van der Waals surface area (Å²) in [4.78, 5) is 11.2. The number of alkyl halides is 1. The quantitative estimate of drug-likeness (QED) is 0.596. The van der Waals surface area contributed by atoms with E-state index >= 15 is 0 Å². The number of benzene rings is 1. The van der Waals surface area contributed by atoms with Crippen LogP contribution >= 0.6 is 11.6 Å². The number of phenolic OH excluding ortho intramolecular Hbond substituents is 1. The maximum atomic E-state index is 11.2. The average molecular weight is 214 g/mol. The van der Waals surface area contributed by atoms with Crippen LogP contribution in [-0.4, -0.2) is 16.9 Å². The van der Waals surface area contributed by atoms with E-state index in [0.717, 1.165) is 0 Å². The van der Waals surface area contributed by atoms with E-state index in [1.54, 1.807) is 18.2 Å². The minimum Gasteiger partial charge on any atom is -0.506 e. The summed E-state index contributed by atoms with van der Waals surface area (Å²) in [5, 5.41) is 11.9.